The van der Waals surface area contributed by atoms with Gasteiger partial charge < -0.3 is 25.8 Å². The molecule has 0 aromatic rings. The molecular weight excluding hydrogens is 150 g/mol. The van der Waals surface area contributed by atoms with Crippen molar-refractivity contribution in [2.24, 2.45) is 5.73 Å². The molecule has 3 atom stereocenters. The average Bonchev–Trinajstić information content (AvgIpc) is 1.86. The van der Waals surface area contributed by atoms with E-state index in [-0.39, 0.29) is 12.7 Å². The van der Waals surface area contributed by atoms with Gasteiger partial charge in [-0.25, -0.2) is 0 Å². The van der Waals surface area contributed by atoms with Gasteiger partial charge in [0, 0.05) is 6.42 Å². The summed E-state index contributed by atoms with van der Waals surface area (Å²) in [6.07, 6.45) is -2.63. The van der Waals surface area contributed by atoms with Gasteiger partial charge in [-0.3, -0.25) is 0 Å². The second kappa shape index (κ2) is 3.77. The summed E-state index contributed by atoms with van der Waals surface area (Å²) < 4.78 is 0. The highest BCUT2D eigenvalue weighted by Crippen LogP contribution is 2.09. The quantitative estimate of drug-likeness (QED) is 0.282. The summed E-state index contributed by atoms with van der Waals surface area (Å²) in [7, 11) is 0. The molecule has 0 aliphatic heterocycles. The van der Waals surface area contributed by atoms with Gasteiger partial charge in [-0.15, -0.1) is 0 Å². The SMILES string of the molecule is CC(O)[C@@](N)(O)CC(O)C=O. The van der Waals surface area contributed by atoms with Gasteiger partial charge in [0.2, 0.25) is 0 Å². The van der Waals surface area contributed by atoms with Gasteiger partial charge in [-0.1, -0.05) is 0 Å². The Kier molecular flexibility index (Phi) is 3.61. The van der Waals surface area contributed by atoms with Crippen molar-refractivity contribution < 1.29 is 20.1 Å². The Morgan fingerprint density at radius 1 is 1.64 bits per heavy atom. The minimum absolute atomic E-state index is 0.250. The van der Waals surface area contributed by atoms with E-state index in [9.17, 15) is 4.79 Å². The monoisotopic (exact) mass is 163 g/mol. The van der Waals surface area contributed by atoms with Crippen LogP contribution in [0.1, 0.15) is 13.3 Å². The second-order valence-corrected chi connectivity index (χ2v) is 2.57. The van der Waals surface area contributed by atoms with Gasteiger partial charge in [0.25, 0.3) is 0 Å². The molecule has 0 radical (unpaired) electrons. The number of rotatable bonds is 4. The fraction of sp³-hybridized carbons (Fsp3) is 0.833. The zero-order valence-corrected chi connectivity index (χ0v) is 6.27. The summed E-state index contributed by atoms with van der Waals surface area (Å²) in [6, 6.07) is 0. The van der Waals surface area contributed by atoms with E-state index in [1.54, 1.807) is 0 Å². The Balaban J connectivity index is 4.00. The summed E-state index contributed by atoms with van der Waals surface area (Å²) in [4.78, 5) is 9.91. The number of aliphatic hydroxyl groups excluding tert-OH is 2. The van der Waals surface area contributed by atoms with Crippen molar-refractivity contribution in [3.8, 4) is 0 Å². The third kappa shape index (κ3) is 3.43. The Labute approximate surface area is 64.4 Å². The first-order valence-corrected chi connectivity index (χ1v) is 3.23. The molecule has 0 aromatic carbocycles. The maximum Gasteiger partial charge on any atom is 0.148 e. The number of aliphatic hydroxyl groups is 3. The molecule has 0 rings (SSSR count). The number of carbonyl (C=O) groups is 1. The van der Waals surface area contributed by atoms with Gasteiger partial charge in [0.05, 0.1) is 6.10 Å². The van der Waals surface area contributed by atoms with Crippen LogP contribution in [0.25, 0.3) is 0 Å². The summed E-state index contributed by atoms with van der Waals surface area (Å²) in [5.74, 6) is 0. The van der Waals surface area contributed by atoms with Crippen molar-refractivity contribution in [2.45, 2.75) is 31.3 Å². The van der Waals surface area contributed by atoms with Crippen LogP contribution in [-0.2, 0) is 4.79 Å². The normalized spacial score (nSPS) is 21.9. The average molecular weight is 163 g/mol. The lowest BCUT2D eigenvalue weighted by Gasteiger charge is -2.26. The Bertz CT molecular complexity index is 135. The minimum atomic E-state index is -1.90. The molecule has 0 spiro atoms. The van der Waals surface area contributed by atoms with Crippen LogP contribution in [0.5, 0.6) is 0 Å². The van der Waals surface area contributed by atoms with E-state index in [2.05, 4.69) is 0 Å². The molecule has 0 aromatic heterocycles. The lowest BCUT2D eigenvalue weighted by Crippen LogP contribution is -2.51. The summed E-state index contributed by atoms with van der Waals surface area (Å²) in [5.41, 5.74) is 3.22. The van der Waals surface area contributed by atoms with Crippen molar-refractivity contribution in [3.05, 3.63) is 0 Å². The van der Waals surface area contributed by atoms with Gasteiger partial charge >= 0.3 is 0 Å². The molecule has 66 valence electrons. The maximum absolute atomic E-state index is 9.91. The topological polar surface area (TPSA) is 104 Å². The molecular formula is C6H13NO4. The highest BCUT2D eigenvalue weighted by atomic mass is 16.4. The number of hydrogen-bond acceptors (Lipinski definition) is 5. The van der Waals surface area contributed by atoms with Crippen LogP contribution in [0.3, 0.4) is 0 Å². The maximum atomic E-state index is 9.91. The van der Waals surface area contributed by atoms with Crippen molar-refractivity contribution in [1.29, 1.82) is 0 Å². The lowest BCUT2D eigenvalue weighted by atomic mass is 10.0. The molecule has 5 nitrogen and oxygen atoms in total. The molecule has 5 N–H and O–H groups in total. The highest BCUT2D eigenvalue weighted by Gasteiger charge is 2.30. The summed E-state index contributed by atoms with van der Waals surface area (Å²) in [5, 5.41) is 26.6. The zero-order valence-electron chi connectivity index (χ0n) is 6.27. The Morgan fingerprint density at radius 3 is 2.36 bits per heavy atom. The number of hydrogen-bond donors (Lipinski definition) is 4. The van der Waals surface area contributed by atoms with E-state index in [1.807, 2.05) is 0 Å². The van der Waals surface area contributed by atoms with E-state index in [4.69, 9.17) is 21.1 Å². The molecule has 0 amide bonds. The van der Waals surface area contributed by atoms with Crippen molar-refractivity contribution >= 4 is 6.29 Å². The standard InChI is InChI=1S/C6H13NO4/c1-4(9)6(7,11)2-5(10)3-8/h3-5,9-11H,2,7H2,1H3/t4?,5?,6-/m0/s1. The van der Waals surface area contributed by atoms with Crippen LogP contribution in [0.4, 0.5) is 0 Å². The van der Waals surface area contributed by atoms with Gasteiger partial charge in [-0.2, -0.15) is 0 Å². The van der Waals surface area contributed by atoms with E-state index in [0.717, 1.165) is 0 Å². The van der Waals surface area contributed by atoms with Crippen molar-refractivity contribution in [3.63, 3.8) is 0 Å². The van der Waals surface area contributed by atoms with Crippen LogP contribution in [0.2, 0.25) is 0 Å². The molecule has 0 fully saturated rings. The second-order valence-electron chi connectivity index (χ2n) is 2.57. The largest absolute Gasteiger partial charge is 0.389 e. The Morgan fingerprint density at radius 2 is 2.09 bits per heavy atom. The molecule has 0 saturated heterocycles. The van der Waals surface area contributed by atoms with Crippen LogP contribution in [-0.4, -0.2) is 39.5 Å². The van der Waals surface area contributed by atoms with Crippen molar-refractivity contribution in [2.75, 3.05) is 0 Å². The van der Waals surface area contributed by atoms with Crippen LogP contribution in [0, 0.1) is 0 Å². The third-order valence-corrected chi connectivity index (χ3v) is 1.42. The first-order chi connectivity index (χ1) is 4.90. The highest BCUT2D eigenvalue weighted by molar-refractivity contribution is 5.55. The number of aldehydes is 1. The first kappa shape index (κ1) is 10.5. The van der Waals surface area contributed by atoms with E-state index in [0.29, 0.717) is 0 Å². The lowest BCUT2D eigenvalue weighted by molar-refractivity contribution is -0.123. The predicted octanol–water partition coefficient (Wildman–Crippen LogP) is -2.04. The van der Waals surface area contributed by atoms with Gasteiger partial charge in [-0.05, 0) is 6.92 Å². The molecule has 0 aliphatic rings. The molecule has 0 aliphatic carbocycles. The number of nitrogens with two attached hydrogens (primary N) is 1. The van der Waals surface area contributed by atoms with E-state index in [1.165, 1.54) is 6.92 Å². The molecule has 0 bridgehead atoms. The Hall–Kier alpha value is -0.490. The molecule has 0 saturated carbocycles. The molecule has 2 unspecified atom stereocenters. The fourth-order valence-electron chi connectivity index (χ4n) is 0.554. The summed E-state index contributed by atoms with van der Waals surface area (Å²) >= 11 is 0. The molecule has 11 heavy (non-hydrogen) atoms. The van der Waals surface area contributed by atoms with E-state index < -0.39 is 17.9 Å². The van der Waals surface area contributed by atoms with Crippen LogP contribution < -0.4 is 5.73 Å². The zero-order chi connectivity index (χ0) is 9.07. The fourth-order valence-corrected chi connectivity index (χ4v) is 0.554. The van der Waals surface area contributed by atoms with Gasteiger partial charge in [0.15, 0.2) is 0 Å². The minimum Gasteiger partial charge on any atom is -0.389 e. The number of carbonyl (C=O) groups excluding carboxylic acids is 1. The first-order valence-electron chi connectivity index (χ1n) is 3.23. The smallest absolute Gasteiger partial charge is 0.148 e. The van der Waals surface area contributed by atoms with E-state index >= 15 is 0 Å². The van der Waals surface area contributed by atoms with Gasteiger partial charge in [0.1, 0.15) is 18.1 Å². The van der Waals surface area contributed by atoms with Crippen LogP contribution >= 0.6 is 0 Å². The van der Waals surface area contributed by atoms with Crippen LogP contribution in [0.15, 0.2) is 0 Å². The predicted molar refractivity (Wildman–Crippen MR) is 37.5 cm³/mol. The summed E-state index contributed by atoms with van der Waals surface area (Å²) in [6.45, 7) is 1.28. The molecule has 0 heterocycles. The third-order valence-electron chi connectivity index (χ3n) is 1.42. The molecule has 5 heteroatoms. The van der Waals surface area contributed by atoms with Crippen molar-refractivity contribution in [1.82, 2.24) is 0 Å².